The lowest BCUT2D eigenvalue weighted by Crippen LogP contribution is -2.22. The second-order valence-corrected chi connectivity index (χ2v) is 5.68. The summed E-state index contributed by atoms with van der Waals surface area (Å²) in [6, 6.07) is 6.07. The van der Waals surface area contributed by atoms with Crippen molar-refractivity contribution in [1.82, 2.24) is 5.16 Å². The van der Waals surface area contributed by atoms with Crippen LogP contribution in [0.15, 0.2) is 33.3 Å². The molecule has 0 saturated carbocycles. The maximum Gasteiger partial charge on any atom is 0.181 e. The standard InChI is InChI=1S/C15H15BrFNO3/c16-14-12(9-20-13-3-1-2-8-19-13)18-21-15(14)10-4-6-11(17)7-5-10/h4-7,13H,1-3,8-9H2. The van der Waals surface area contributed by atoms with Gasteiger partial charge < -0.3 is 14.0 Å². The first kappa shape index (κ1) is 14.7. The summed E-state index contributed by atoms with van der Waals surface area (Å²) < 4.78 is 30.2. The Labute approximate surface area is 130 Å². The Morgan fingerprint density at radius 2 is 2.10 bits per heavy atom. The zero-order chi connectivity index (χ0) is 14.7. The normalized spacial score (nSPS) is 18.9. The number of ether oxygens (including phenoxy) is 2. The van der Waals surface area contributed by atoms with E-state index in [0.29, 0.717) is 18.1 Å². The largest absolute Gasteiger partial charge is 0.355 e. The van der Waals surface area contributed by atoms with Crippen molar-refractivity contribution in [3.8, 4) is 11.3 Å². The van der Waals surface area contributed by atoms with Crippen LogP contribution in [0.2, 0.25) is 0 Å². The molecule has 2 aromatic rings. The molecule has 0 N–H and O–H groups in total. The number of rotatable bonds is 4. The van der Waals surface area contributed by atoms with Crippen molar-refractivity contribution < 1.29 is 18.4 Å². The van der Waals surface area contributed by atoms with Crippen LogP contribution in [0.4, 0.5) is 4.39 Å². The number of hydrogen-bond donors (Lipinski definition) is 0. The van der Waals surface area contributed by atoms with Gasteiger partial charge in [-0.1, -0.05) is 5.16 Å². The van der Waals surface area contributed by atoms with Crippen molar-refractivity contribution in [2.24, 2.45) is 0 Å². The molecule has 0 aliphatic carbocycles. The van der Waals surface area contributed by atoms with Crippen molar-refractivity contribution in [2.75, 3.05) is 6.61 Å². The molecule has 1 aliphatic heterocycles. The quantitative estimate of drug-likeness (QED) is 0.820. The molecule has 21 heavy (non-hydrogen) atoms. The van der Waals surface area contributed by atoms with Crippen LogP contribution in [0, 0.1) is 5.82 Å². The molecule has 3 rings (SSSR count). The van der Waals surface area contributed by atoms with E-state index in [4.69, 9.17) is 14.0 Å². The van der Waals surface area contributed by atoms with E-state index in [9.17, 15) is 4.39 Å². The fourth-order valence-corrected chi connectivity index (χ4v) is 2.69. The predicted octanol–water partition coefficient (Wildman–Crippen LogP) is 4.29. The van der Waals surface area contributed by atoms with Gasteiger partial charge in [-0.3, -0.25) is 0 Å². The van der Waals surface area contributed by atoms with Crippen LogP contribution in [0.1, 0.15) is 25.0 Å². The van der Waals surface area contributed by atoms with Crippen molar-refractivity contribution in [2.45, 2.75) is 32.2 Å². The molecule has 2 heterocycles. The lowest BCUT2D eigenvalue weighted by atomic mass is 10.1. The summed E-state index contributed by atoms with van der Waals surface area (Å²) in [5, 5.41) is 4.00. The van der Waals surface area contributed by atoms with E-state index in [1.807, 2.05) is 0 Å². The van der Waals surface area contributed by atoms with Crippen molar-refractivity contribution >= 4 is 15.9 Å². The second-order valence-electron chi connectivity index (χ2n) is 4.89. The van der Waals surface area contributed by atoms with Crippen LogP contribution in [0.25, 0.3) is 11.3 Å². The van der Waals surface area contributed by atoms with Gasteiger partial charge in [-0.25, -0.2) is 4.39 Å². The second kappa shape index (κ2) is 6.68. The smallest absolute Gasteiger partial charge is 0.181 e. The molecular weight excluding hydrogens is 341 g/mol. The highest BCUT2D eigenvalue weighted by Gasteiger charge is 2.19. The Morgan fingerprint density at radius 3 is 2.81 bits per heavy atom. The molecule has 1 saturated heterocycles. The third-order valence-electron chi connectivity index (χ3n) is 3.35. The molecule has 1 unspecified atom stereocenters. The molecule has 0 bridgehead atoms. The number of nitrogens with zero attached hydrogens (tertiary/aromatic N) is 1. The van der Waals surface area contributed by atoms with Crippen LogP contribution < -0.4 is 0 Å². The molecule has 1 fully saturated rings. The highest BCUT2D eigenvalue weighted by atomic mass is 79.9. The third-order valence-corrected chi connectivity index (χ3v) is 4.17. The number of halogens is 2. The van der Waals surface area contributed by atoms with Crippen LogP contribution in [0.3, 0.4) is 0 Å². The molecule has 1 aromatic heterocycles. The van der Waals surface area contributed by atoms with E-state index >= 15 is 0 Å². The number of hydrogen-bond acceptors (Lipinski definition) is 4. The maximum absolute atomic E-state index is 12.9. The Hall–Kier alpha value is -1.24. The first-order chi connectivity index (χ1) is 10.2. The Morgan fingerprint density at radius 1 is 1.29 bits per heavy atom. The van der Waals surface area contributed by atoms with Crippen LogP contribution >= 0.6 is 15.9 Å². The zero-order valence-corrected chi connectivity index (χ0v) is 12.9. The summed E-state index contributed by atoms with van der Waals surface area (Å²) in [6.45, 7) is 1.06. The average molecular weight is 356 g/mol. The summed E-state index contributed by atoms with van der Waals surface area (Å²) in [6.07, 6.45) is 2.94. The van der Waals surface area contributed by atoms with Gasteiger partial charge in [0.1, 0.15) is 11.5 Å². The van der Waals surface area contributed by atoms with E-state index < -0.39 is 0 Å². The Bertz CT molecular complexity index is 593. The van der Waals surface area contributed by atoms with Gasteiger partial charge in [0.05, 0.1) is 11.1 Å². The van der Waals surface area contributed by atoms with E-state index in [1.54, 1.807) is 12.1 Å². The van der Waals surface area contributed by atoms with Gasteiger partial charge in [0.25, 0.3) is 0 Å². The Balaban J connectivity index is 1.68. The molecule has 1 aliphatic rings. The highest BCUT2D eigenvalue weighted by molar-refractivity contribution is 9.10. The molecule has 1 atom stereocenters. The summed E-state index contributed by atoms with van der Waals surface area (Å²) in [5.41, 5.74) is 1.43. The molecule has 0 radical (unpaired) electrons. The molecular formula is C15H15BrFNO3. The van der Waals surface area contributed by atoms with Gasteiger partial charge in [-0.05, 0) is 59.5 Å². The van der Waals surface area contributed by atoms with E-state index in [-0.39, 0.29) is 12.1 Å². The molecule has 112 valence electrons. The SMILES string of the molecule is Fc1ccc(-c2onc(COC3CCCCO3)c2Br)cc1. The van der Waals surface area contributed by atoms with Crippen molar-refractivity contribution in [1.29, 1.82) is 0 Å². The van der Waals surface area contributed by atoms with Gasteiger partial charge in [0.2, 0.25) is 0 Å². The topological polar surface area (TPSA) is 44.5 Å². The monoisotopic (exact) mass is 355 g/mol. The first-order valence-electron chi connectivity index (χ1n) is 6.87. The van der Waals surface area contributed by atoms with Gasteiger partial charge in [0, 0.05) is 12.2 Å². The lowest BCUT2D eigenvalue weighted by molar-refractivity contribution is -0.169. The molecule has 0 spiro atoms. The fourth-order valence-electron chi connectivity index (χ4n) is 2.20. The summed E-state index contributed by atoms with van der Waals surface area (Å²) in [7, 11) is 0. The zero-order valence-electron chi connectivity index (χ0n) is 11.4. The van der Waals surface area contributed by atoms with Crippen LogP contribution in [0.5, 0.6) is 0 Å². The van der Waals surface area contributed by atoms with Crippen LogP contribution in [-0.4, -0.2) is 18.1 Å². The predicted molar refractivity (Wildman–Crippen MR) is 78.0 cm³/mol. The lowest BCUT2D eigenvalue weighted by Gasteiger charge is -2.22. The van der Waals surface area contributed by atoms with E-state index in [2.05, 4.69) is 21.1 Å². The van der Waals surface area contributed by atoms with Crippen molar-refractivity contribution in [3.05, 3.63) is 40.2 Å². The molecule has 0 amide bonds. The average Bonchev–Trinajstić information content (AvgIpc) is 2.88. The van der Waals surface area contributed by atoms with Gasteiger partial charge in [0.15, 0.2) is 12.1 Å². The first-order valence-corrected chi connectivity index (χ1v) is 7.66. The Kier molecular flexibility index (Phi) is 4.67. The highest BCUT2D eigenvalue weighted by Crippen LogP contribution is 2.32. The summed E-state index contributed by atoms with van der Waals surface area (Å²) in [4.78, 5) is 0. The maximum atomic E-state index is 12.9. The summed E-state index contributed by atoms with van der Waals surface area (Å²) >= 11 is 3.46. The molecule has 6 heteroatoms. The fraction of sp³-hybridized carbons (Fsp3) is 0.400. The van der Waals surface area contributed by atoms with Gasteiger partial charge in [-0.15, -0.1) is 0 Å². The van der Waals surface area contributed by atoms with Crippen molar-refractivity contribution in [3.63, 3.8) is 0 Å². The molecule has 4 nitrogen and oxygen atoms in total. The minimum absolute atomic E-state index is 0.170. The minimum atomic E-state index is -0.285. The number of benzene rings is 1. The summed E-state index contributed by atoms with van der Waals surface area (Å²) in [5.74, 6) is 0.283. The van der Waals surface area contributed by atoms with Gasteiger partial charge in [-0.2, -0.15) is 0 Å². The van der Waals surface area contributed by atoms with Crippen LogP contribution in [-0.2, 0) is 16.1 Å². The van der Waals surface area contributed by atoms with Gasteiger partial charge >= 0.3 is 0 Å². The van der Waals surface area contributed by atoms with E-state index in [1.165, 1.54) is 12.1 Å². The third kappa shape index (κ3) is 3.51. The van der Waals surface area contributed by atoms with E-state index in [0.717, 1.165) is 35.9 Å². The molecule has 1 aromatic carbocycles. The minimum Gasteiger partial charge on any atom is -0.355 e. The number of aromatic nitrogens is 1.